The summed E-state index contributed by atoms with van der Waals surface area (Å²) in [6.45, 7) is 16.5. The molecule has 13 rings (SSSR count). The molecule has 0 aliphatic carbocycles. The van der Waals surface area contributed by atoms with E-state index in [1.165, 1.54) is 149 Å². The second kappa shape index (κ2) is 47.0. The number of hydrogen-bond donors (Lipinski definition) is 4. The van der Waals surface area contributed by atoms with E-state index in [-0.39, 0.29) is 86.5 Å². The van der Waals surface area contributed by atoms with Gasteiger partial charge in [0.05, 0.1) is 17.8 Å². The fourth-order valence-corrected chi connectivity index (χ4v) is 11.0. The molecule has 0 aromatic heterocycles. The molecule has 3 aliphatic heterocycles. The number of halogens is 6. The zero-order valence-electron chi connectivity index (χ0n) is 59.4. The number of carbonyl (C=O) groups is 2. The Balaban J connectivity index is 0.000000309. The monoisotopic (exact) mass is 1370 g/mol. The van der Waals surface area contributed by atoms with Crippen molar-refractivity contribution in [3.63, 3.8) is 0 Å². The Bertz CT molecular complexity index is 3840. The van der Waals surface area contributed by atoms with Gasteiger partial charge in [-0.3, -0.25) is 14.6 Å². The van der Waals surface area contributed by atoms with Crippen LogP contribution in [0.15, 0.2) is 260 Å². The minimum Gasteiger partial charge on any atom is -1.00 e. The molecule has 8 nitrogen and oxygen atoms in total. The van der Waals surface area contributed by atoms with Crippen LogP contribution in [0.25, 0.3) is 0 Å². The Hall–Kier alpha value is -8.15. The maximum atomic E-state index is 12.9. The minimum absolute atomic E-state index is 0. The van der Waals surface area contributed by atoms with Crippen LogP contribution in [0.5, 0.6) is 0 Å². The molecule has 16 heteroatoms. The van der Waals surface area contributed by atoms with E-state index < -0.39 is 5.24 Å². The number of nitrogens with one attached hydrogen (secondary N) is 3. The normalized spacial score (nSPS) is 13.4. The zero-order chi connectivity index (χ0) is 70.3. The van der Waals surface area contributed by atoms with Crippen LogP contribution in [0, 0.1) is 29.1 Å². The Morgan fingerprint density at radius 2 is 0.899 bits per heavy atom. The number of nitrogens with two attached hydrogens (primary N) is 1. The Kier molecular flexibility index (Phi) is 38.7. The number of nitrogens with zero attached hydrogens (tertiary/aromatic N) is 2. The summed E-state index contributed by atoms with van der Waals surface area (Å²) in [4.78, 5) is 29.1. The molecule has 3 radical (unpaired) electrons. The number of carbonyl (C=O) groups excluding carboxylic acids is 2. The standard InChI is InChI=1S/C15H14FNO.2C15H14FN.C15H12FN.C8H11N.C7H4ClFO.C6H15N.C2H6.B.Na.H/c16-14-8-6-13(7-9-14)15(18)17-11-10-12-4-2-1-3-5-12;3*16-13-7-5-12(6-8-13)15-14-4-2-1-3-11(14)9-10-17-15;9-7-6-8-4-2-1-3-5-8;8-7(10)5-1-3-6(9)4-2-5;1-4-7(5-2)6-3;1-2;;;/h1-9H,10-11H2,(H,17,18);2*1-8,15,17H,9-10H2;1-8H,9-10H2;1-5H,6-7,9H2;1-4H;4-6H2,1-3H3;1-2H3;;;/q;;;;;;;;;+1;-1/t;15-;;;;;;;;;/m.0........./s1/i;;;;;;;1D;;;. The first kappa shape index (κ1) is 81.5. The smallest absolute Gasteiger partial charge is 1.00 e. The van der Waals surface area contributed by atoms with Crippen LogP contribution in [0.4, 0.5) is 22.0 Å². The average Bonchev–Trinajstić information content (AvgIpc) is 0.822. The van der Waals surface area contributed by atoms with E-state index in [0.717, 1.165) is 80.7 Å². The summed E-state index contributed by atoms with van der Waals surface area (Å²) in [7, 11) is 0. The molecule has 3 heterocycles. The van der Waals surface area contributed by atoms with Crippen molar-refractivity contribution in [1.82, 2.24) is 20.9 Å². The van der Waals surface area contributed by atoms with Gasteiger partial charge in [-0.25, -0.2) is 22.0 Å². The predicted octanol–water partition coefficient (Wildman–Crippen LogP) is 14.6. The number of amides is 1. The molecule has 0 saturated carbocycles. The molecule has 0 bridgehead atoms. The fraction of sp³-hybridized carbons (Fsp3) is 0.241. The number of fused-ring (bicyclic) bond motifs is 3. The quantitative estimate of drug-likeness (QED) is 0.0520. The van der Waals surface area contributed by atoms with Crippen LogP contribution in [-0.4, -0.2) is 82.5 Å². The average molecular weight is 1370 g/mol. The maximum absolute atomic E-state index is 12.9. The summed E-state index contributed by atoms with van der Waals surface area (Å²) in [6, 6.07) is 76.4. The van der Waals surface area contributed by atoms with Crippen LogP contribution < -0.4 is 51.2 Å². The summed E-state index contributed by atoms with van der Waals surface area (Å²) in [6.07, 6.45) is 4.89. The van der Waals surface area contributed by atoms with Gasteiger partial charge in [0, 0.05) is 58.2 Å². The van der Waals surface area contributed by atoms with Gasteiger partial charge in [-0.15, -0.1) is 0 Å². The first-order chi connectivity index (χ1) is 47.7. The van der Waals surface area contributed by atoms with Crippen molar-refractivity contribution in [2.75, 3.05) is 52.4 Å². The Morgan fingerprint density at radius 3 is 1.31 bits per heavy atom. The van der Waals surface area contributed by atoms with Crippen LogP contribution >= 0.6 is 11.6 Å². The van der Waals surface area contributed by atoms with Crippen molar-refractivity contribution in [2.24, 2.45) is 10.7 Å². The largest absolute Gasteiger partial charge is 1.00 e. The molecule has 0 fully saturated rings. The van der Waals surface area contributed by atoms with Crippen molar-refractivity contribution in [3.05, 3.63) is 356 Å². The van der Waals surface area contributed by atoms with Gasteiger partial charge < -0.3 is 28.0 Å². The number of hydrogen-bond acceptors (Lipinski definition) is 7. The molecular weight excluding hydrogens is 1280 g/mol. The molecule has 0 saturated heterocycles. The van der Waals surface area contributed by atoms with Crippen molar-refractivity contribution in [3.8, 4) is 0 Å². The minimum atomic E-state index is -0.569. The third-order valence-electron chi connectivity index (χ3n) is 16.0. The van der Waals surface area contributed by atoms with Gasteiger partial charge in [-0.1, -0.05) is 192 Å². The molecule has 10 aromatic carbocycles. The molecule has 0 spiro atoms. The van der Waals surface area contributed by atoms with Gasteiger partial charge in [-0.05, 0) is 217 Å². The van der Waals surface area contributed by atoms with Gasteiger partial charge in [-0.2, -0.15) is 0 Å². The van der Waals surface area contributed by atoms with Crippen LogP contribution in [0.2, 0.25) is 0 Å². The summed E-state index contributed by atoms with van der Waals surface area (Å²) in [5, 5.41) is 9.21. The van der Waals surface area contributed by atoms with E-state index in [0.29, 0.717) is 24.6 Å². The zero-order valence-corrected chi connectivity index (χ0v) is 60.2. The third-order valence-corrected chi connectivity index (χ3v) is 16.2. The molecule has 99 heavy (non-hydrogen) atoms. The van der Waals surface area contributed by atoms with Crippen molar-refractivity contribution >= 4 is 36.9 Å². The van der Waals surface area contributed by atoms with Crippen LogP contribution in [0.1, 0.15) is 131 Å². The van der Waals surface area contributed by atoms with Crippen molar-refractivity contribution in [1.29, 1.82) is 0 Å². The molecule has 10 aromatic rings. The van der Waals surface area contributed by atoms with Crippen molar-refractivity contribution < 1.29 is 63.9 Å². The summed E-state index contributed by atoms with van der Waals surface area (Å²) < 4.78 is 69.9. The number of aliphatic imine (C=N–C) groups is 1. The third kappa shape index (κ3) is 28.6. The van der Waals surface area contributed by atoms with E-state index in [4.69, 9.17) is 18.7 Å². The SMILES string of the molecule is CCN(CC)CC.Fc1ccc(C2=NCCc3ccccc32)cc1.Fc1ccc(C2NCCc3ccccc32)cc1.Fc1ccc([C@@H]2NCCc3ccccc32)cc1.NCCc1ccccc1.O=C(Cl)c1ccc(F)cc1.O=C(NCCc1ccccc1)c1ccc(F)cc1.[2H]CC.[B].[H-].[Na+]. The van der Waals surface area contributed by atoms with Crippen molar-refractivity contribution in [2.45, 2.75) is 78.8 Å². The van der Waals surface area contributed by atoms with E-state index in [9.17, 15) is 31.5 Å². The Morgan fingerprint density at radius 1 is 0.525 bits per heavy atom. The number of benzene rings is 10. The maximum Gasteiger partial charge on any atom is 1.00 e. The first-order valence-corrected chi connectivity index (χ1v) is 33.4. The first-order valence-electron chi connectivity index (χ1n) is 33.7. The van der Waals surface area contributed by atoms with E-state index in [1.54, 1.807) is 19.1 Å². The Labute approximate surface area is 615 Å². The summed E-state index contributed by atoms with van der Waals surface area (Å²) in [5.74, 6) is -1.46. The predicted molar refractivity (Wildman–Crippen MR) is 396 cm³/mol. The number of rotatable bonds is 13. The molecule has 1 unspecified atom stereocenters. The second-order valence-electron chi connectivity index (χ2n) is 22.3. The van der Waals surface area contributed by atoms with E-state index in [2.05, 4.69) is 119 Å². The topological polar surface area (TPSA) is 112 Å². The van der Waals surface area contributed by atoms with Crippen LogP contribution in [0.3, 0.4) is 0 Å². The molecule has 5 N–H and O–H groups in total. The summed E-state index contributed by atoms with van der Waals surface area (Å²) in [5.41, 5.74) is 20.7. The van der Waals surface area contributed by atoms with Gasteiger partial charge in [0.15, 0.2) is 0 Å². The molecule has 2 atom stereocenters. The molecule has 1 amide bonds. The molecule has 511 valence electrons. The van der Waals surface area contributed by atoms with Gasteiger partial charge in [0.1, 0.15) is 29.1 Å². The van der Waals surface area contributed by atoms with Crippen LogP contribution in [-0.2, 0) is 32.1 Å². The fourth-order valence-electron chi connectivity index (χ4n) is 10.8. The summed E-state index contributed by atoms with van der Waals surface area (Å²) >= 11 is 5.09. The van der Waals surface area contributed by atoms with Gasteiger partial charge >= 0.3 is 29.6 Å². The molecule has 3 aliphatic rings. The van der Waals surface area contributed by atoms with Gasteiger partial charge in [0.25, 0.3) is 11.1 Å². The van der Waals surface area contributed by atoms with E-state index >= 15 is 0 Å². The van der Waals surface area contributed by atoms with E-state index in [1.807, 2.05) is 84.9 Å². The second-order valence-corrected chi connectivity index (χ2v) is 22.7. The molecular formula is C83H91BClF5N6NaO2. The van der Waals surface area contributed by atoms with Gasteiger partial charge in [0.2, 0.25) is 0 Å².